The summed E-state index contributed by atoms with van der Waals surface area (Å²) in [6.45, 7) is 5.47. The van der Waals surface area contributed by atoms with E-state index in [-0.39, 0.29) is 42.1 Å². The molecule has 0 saturated carbocycles. The molecular formula is C17H27FIN5O2S. The molecule has 0 saturated heterocycles. The van der Waals surface area contributed by atoms with Gasteiger partial charge in [-0.15, -0.1) is 24.0 Å². The van der Waals surface area contributed by atoms with Crippen molar-refractivity contribution in [1.82, 2.24) is 20.3 Å². The first-order valence-corrected chi connectivity index (χ1v) is 10.4. The predicted octanol–water partition coefficient (Wildman–Crippen LogP) is 1.96. The molecule has 0 fully saturated rings. The topological polar surface area (TPSA) is 98.4 Å². The molecule has 0 unspecified atom stereocenters. The number of fused-ring (bicyclic) bond motifs is 1. The second-order valence-corrected chi connectivity index (χ2v) is 7.83. The van der Waals surface area contributed by atoms with Crippen molar-refractivity contribution in [3.63, 3.8) is 0 Å². The smallest absolute Gasteiger partial charge is 0.211 e. The largest absolute Gasteiger partial charge is 0.361 e. The number of aliphatic imine (C=N–C) groups is 1. The van der Waals surface area contributed by atoms with E-state index >= 15 is 0 Å². The fourth-order valence-corrected chi connectivity index (χ4v) is 3.09. The Kier molecular flexibility index (Phi) is 10.0. The summed E-state index contributed by atoms with van der Waals surface area (Å²) in [6, 6.07) is 4.69. The van der Waals surface area contributed by atoms with Gasteiger partial charge in [0.2, 0.25) is 10.0 Å². The number of H-pyrrole nitrogens is 1. The minimum atomic E-state index is -3.19. The lowest BCUT2D eigenvalue weighted by atomic mass is 10.1. The molecule has 0 radical (unpaired) electrons. The Morgan fingerprint density at radius 1 is 1.22 bits per heavy atom. The maximum Gasteiger partial charge on any atom is 0.211 e. The van der Waals surface area contributed by atoms with Crippen LogP contribution in [0.4, 0.5) is 4.39 Å². The Balaban J connectivity index is 0.00000364. The van der Waals surface area contributed by atoms with E-state index in [4.69, 9.17) is 0 Å². The average molecular weight is 511 g/mol. The Hall–Kier alpha value is -1.40. The van der Waals surface area contributed by atoms with E-state index in [0.717, 1.165) is 16.5 Å². The van der Waals surface area contributed by atoms with E-state index in [1.165, 1.54) is 12.1 Å². The highest BCUT2D eigenvalue weighted by Gasteiger charge is 2.06. The van der Waals surface area contributed by atoms with Crippen LogP contribution in [-0.4, -0.2) is 51.3 Å². The summed E-state index contributed by atoms with van der Waals surface area (Å²) in [5.41, 5.74) is 1.93. The molecule has 2 rings (SSSR count). The number of nitrogens with one attached hydrogen (secondary N) is 4. The van der Waals surface area contributed by atoms with Gasteiger partial charge in [-0.05, 0) is 44.0 Å². The van der Waals surface area contributed by atoms with E-state index in [1.807, 2.05) is 13.1 Å². The maximum atomic E-state index is 13.4. The van der Waals surface area contributed by atoms with Crippen LogP contribution < -0.4 is 15.4 Å². The van der Waals surface area contributed by atoms with Gasteiger partial charge in [-0.2, -0.15) is 0 Å². The fraction of sp³-hybridized carbons (Fsp3) is 0.471. The summed E-state index contributed by atoms with van der Waals surface area (Å²) in [4.78, 5) is 7.48. The zero-order valence-corrected chi connectivity index (χ0v) is 18.7. The standard InChI is InChI=1S/C17H26FN5O2S.HI/c1-3-19-17(21-9-10-23-26(24,25)4-2)20-8-7-13-12-22-16-6-5-14(18)11-15(13)16;/h5-6,11-12,22-23H,3-4,7-10H2,1-2H3,(H2,19,20,21);1H. The number of nitrogens with zero attached hydrogens (tertiary/aromatic N) is 1. The van der Waals surface area contributed by atoms with Crippen LogP contribution in [0.1, 0.15) is 19.4 Å². The molecule has 7 nitrogen and oxygen atoms in total. The van der Waals surface area contributed by atoms with Gasteiger partial charge in [0.1, 0.15) is 5.82 Å². The third kappa shape index (κ3) is 7.62. The fourth-order valence-electron chi connectivity index (χ4n) is 2.49. The highest BCUT2D eigenvalue weighted by molar-refractivity contribution is 14.0. The van der Waals surface area contributed by atoms with Crippen molar-refractivity contribution in [2.75, 3.05) is 31.9 Å². The van der Waals surface area contributed by atoms with Crippen LogP contribution in [0.2, 0.25) is 0 Å². The molecule has 1 aromatic heterocycles. The van der Waals surface area contributed by atoms with Crippen molar-refractivity contribution in [3.8, 4) is 0 Å². The van der Waals surface area contributed by atoms with Gasteiger partial charge >= 0.3 is 0 Å². The number of hydrogen-bond acceptors (Lipinski definition) is 3. The first kappa shape index (κ1) is 23.6. The van der Waals surface area contributed by atoms with Crippen LogP contribution in [0.5, 0.6) is 0 Å². The zero-order valence-electron chi connectivity index (χ0n) is 15.5. The average Bonchev–Trinajstić information content (AvgIpc) is 3.01. The number of aromatic nitrogens is 1. The lowest BCUT2D eigenvalue weighted by Crippen LogP contribution is -2.39. The van der Waals surface area contributed by atoms with Crippen molar-refractivity contribution in [1.29, 1.82) is 0 Å². The monoisotopic (exact) mass is 511 g/mol. The first-order chi connectivity index (χ1) is 12.4. The third-order valence-corrected chi connectivity index (χ3v) is 5.25. The van der Waals surface area contributed by atoms with E-state index in [1.54, 1.807) is 13.0 Å². The lowest BCUT2D eigenvalue weighted by molar-refractivity contribution is 0.583. The number of rotatable bonds is 9. The van der Waals surface area contributed by atoms with Crippen molar-refractivity contribution < 1.29 is 12.8 Å². The third-order valence-electron chi connectivity index (χ3n) is 3.84. The van der Waals surface area contributed by atoms with Gasteiger partial charge in [0.15, 0.2) is 5.96 Å². The van der Waals surface area contributed by atoms with E-state index in [0.29, 0.717) is 32.0 Å². The number of aromatic amines is 1. The molecule has 4 N–H and O–H groups in total. The zero-order chi connectivity index (χ0) is 19.0. The minimum Gasteiger partial charge on any atom is -0.361 e. The molecule has 0 aliphatic rings. The van der Waals surface area contributed by atoms with Gasteiger partial charge in [0.05, 0.1) is 12.3 Å². The Morgan fingerprint density at radius 2 is 2.00 bits per heavy atom. The maximum absolute atomic E-state index is 13.4. The molecule has 27 heavy (non-hydrogen) atoms. The van der Waals surface area contributed by atoms with Gasteiger partial charge in [0, 0.05) is 36.7 Å². The predicted molar refractivity (Wildman–Crippen MR) is 119 cm³/mol. The van der Waals surface area contributed by atoms with Gasteiger partial charge in [-0.1, -0.05) is 0 Å². The van der Waals surface area contributed by atoms with Crippen molar-refractivity contribution in [2.24, 2.45) is 4.99 Å². The Labute approximate surface area is 176 Å². The molecule has 0 spiro atoms. The molecule has 0 amide bonds. The number of hydrogen-bond donors (Lipinski definition) is 4. The summed E-state index contributed by atoms with van der Waals surface area (Å²) in [5, 5.41) is 7.20. The summed E-state index contributed by atoms with van der Waals surface area (Å²) in [7, 11) is -3.19. The molecule has 152 valence electrons. The number of sulfonamides is 1. The molecule has 1 heterocycles. The quantitative estimate of drug-likeness (QED) is 0.179. The summed E-state index contributed by atoms with van der Waals surface area (Å²) in [6.07, 6.45) is 2.59. The first-order valence-electron chi connectivity index (χ1n) is 8.70. The summed E-state index contributed by atoms with van der Waals surface area (Å²) >= 11 is 0. The number of halogens is 2. The molecule has 0 aliphatic heterocycles. The Bertz CT molecular complexity index is 854. The van der Waals surface area contributed by atoms with Crippen molar-refractivity contribution in [2.45, 2.75) is 20.3 Å². The van der Waals surface area contributed by atoms with Crippen molar-refractivity contribution in [3.05, 3.63) is 35.8 Å². The lowest BCUT2D eigenvalue weighted by Gasteiger charge is -2.11. The molecule has 0 atom stereocenters. The highest BCUT2D eigenvalue weighted by atomic mass is 127. The second-order valence-electron chi connectivity index (χ2n) is 5.74. The highest BCUT2D eigenvalue weighted by Crippen LogP contribution is 2.19. The SMILES string of the molecule is CCNC(=NCCNS(=O)(=O)CC)NCCc1c[nH]c2ccc(F)cc12.I. The van der Waals surface area contributed by atoms with Gasteiger partial charge in [0.25, 0.3) is 0 Å². The normalized spacial score (nSPS) is 12.0. The van der Waals surface area contributed by atoms with Crippen LogP contribution in [-0.2, 0) is 16.4 Å². The molecule has 1 aromatic carbocycles. The van der Waals surface area contributed by atoms with Gasteiger partial charge in [-0.25, -0.2) is 17.5 Å². The number of guanidine groups is 1. The number of benzene rings is 1. The van der Waals surface area contributed by atoms with E-state index < -0.39 is 10.0 Å². The summed E-state index contributed by atoms with van der Waals surface area (Å²) < 4.78 is 38.7. The molecule has 10 heteroatoms. The van der Waals surface area contributed by atoms with Crippen LogP contribution in [0.25, 0.3) is 10.9 Å². The second kappa shape index (κ2) is 11.4. The van der Waals surface area contributed by atoms with E-state index in [2.05, 4.69) is 25.3 Å². The Morgan fingerprint density at radius 3 is 2.70 bits per heavy atom. The van der Waals surface area contributed by atoms with Gasteiger partial charge in [-0.3, -0.25) is 4.99 Å². The van der Waals surface area contributed by atoms with Crippen LogP contribution >= 0.6 is 24.0 Å². The van der Waals surface area contributed by atoms with Crippen LogP contribution in [0.3, 0.4) is 0 Å². The molecule has 0 aliphatic carbocycles. The van der Waals surface area contributed by atoms with Crippen molar-refractivity contribution >= 4 is 50.9 Å². The van der Waals surface area contributed by atoms with E-state index in [9.17, 15) is 12.8 Å². The van der Waals surface area contributed by atoms with Crippen LogP contribution in [0, 0.1) is 5.82 Å². The molecule has 0 bridgehead atoms. The summed E-state index contributed by atoms with van der Waals surface area (Å²) in [5.74, 6) is 0.422. The van der Waals surface area contributed by atoms with Gasteiger partial charge < -0.3 is 15.6 Å². The molecular weight excluding hydrogens is 484 g/mol. The van der Waals surface area contributed by atoms with Crippen LogP contribution in [0.15, 0.2) is 29.4 Å². The minimum absolute atomic E-state index is 0. The molecule has 2 aromatic rings.